The zero-order chi connectivity index (χ0) is 25.3. The Balaban J connectivity index is 0.00000141. The molecule has 0 bridgehead atoms. The topological polar surface area (TPSA) is 77.5 Å². The summed E-state index contributed by atoms with van der Waals surface area (Å²) in [5.41, 5.74) is 1.72. The van der Waals surface area contributed by atoms with Crippen molar-refractivity contribution in [3.8, 4) is 6.57 Å². The molecule has 1 atom stereocenters. The Kier molecular flexibility index (Phi) is 7.17. The SMILES string of the molecule is C#N.Cc1cn2nc(C3CCCCN3C(=O)c3cc(F)c(F)c(Cl)c3F)cc2nc1N1CCCC1. The van der Waals surface area contributed by atoms with E-state index in [-0.39, 0.29) is 0 Å². The number of halogens is 4. The van der Waals surface area contributed by atoms with Crippen molar-refractivity contribution in [3.05, 3.63) is 57.6 Å². The molecule has 2 fully saturated rings. The summed E-state index contributed by atoms with van der Waals surface area (Å²) in [7, 11) is 0. The molecule has 2 saturated heterocycles. The summed E-state index contributed by atoms with van der Waals surface area (Å²) >= 11 is 5.57. The van der Waals surface area contributed by atoms with Crippen LogP contribution < -0.4 is 4.90 Å². The molecular weight excluding hydrogens is 481 g/mol. The van der Waals surface area contributed by atoms with Crippen molar-refractivity contribution >= 4 is 29.0 Å². The highest BCUT2D eigenvalue weighted by Gasteiger charge is 2.33. The number of piperidine rings is 1. The van der Waals surface area contributed by atoms with Gasteiger partial charge in [0, 0.05) is 44.0 Å². The Bertz CT molecular complexity index is 1290. The fourth-order valence-electron chi connectivity index (χ4n) is 4.80. The highest BCUT2D eigenvalue weighted by atomic mass is 35.5. The Morgan fingerprint density at radius 3 is 2.49 bits per heavy atom. The van der Waals surface area contributed by atoms with Crippen LogP contribution in [0.1, 0.15) is 59.8 Å². The number of amides is 1. The maximum absolute atomic E-state index is 14.6. The molecule has 1 unspecified atom stereocenters. The number of aryl methyl sites for hydroxylation is 1. The van der Waals surface area contributed by atoms with Gasteiger partial charge in [0.2, 0.25) is 0 Å². The second-order valence-corrected chi connectivity index (χ2v) is 9.05. The molecular formula is C24H24ClF3N6O. The Morgan fingerprint density at radius 2 is 1.77 bits per heavy atom. The van der Waals surface area contributed by atoms with Crippen molar-refractivity contribution in [1.29, 1.82) is 5.26 Å². The van der Waals surface area contributed by atoms with Crippen LogP contribution in [0.15, 0.2) is 18.3 Å². The zero-order valence-corrected chi connectivity index (χ0v) is 19.9. The highest BCUT2D eigenvalue weighted by molar-refractivity contribution is 6.31. The minimum atomic E-state index is -1.50. The first-order valence-corrected chi connectivity index (χ1v) is 11.7. The van der Waals surface area contributed by atoms with Gasteiger partial charge in [0.05, 0.1) is 17.3 Å². The molecule has 2 aliphatic heterocycles. The van der Waals surface area contributed by atoms with Crippen molar-refractivity contribution < 1.29 is 18.0 Å². The van der Waals surface area contributed by atoms with E-state index < -0.39 is 40.0 Å². The van der Waals surface area contributed by atoms with Gasteiger partial charge in [-0.25, -0.2) is 27.9 Å². The Hall–Kier alpha value is -3.32. The van der Waals surface area contributed by atoms with Crippen LogP contribution in [0, 0.1) is 36.2 Å². The summed E-state index contributed by atoms with van der Waals surface area (Å²) < 4.78 is 43.8. The lowest BCUT2D eigenvalue weighted by Gasteiger charge is -2.35. The van der Waals surface area contributed by atoms with Gasteiger partial charge in [-0.15, -0.1) is 0 Å². The van der Waals surface area contributed by atoms with E-state index in [1.54, 1.807) is 4.52 Å². The van der Waals surface area contributed by atoms with Crippen molar-refractivity contribution in [3.63, 3.8) is 0 Å². The highest BCUT2D eigenvalue weighted by Crippen LogP contribution is 2.34. The van der Waals surface area contributed by atoms with Crippen LogP contribution >= 0.6 is 11.6 Å². The van der Waals surface area contributed by atoms with E-state index in [1.165, 1.54) is 4.90 Å². The standard InChI is InChI=1S/C23H23ClF3N5O.CHN/c1-13-12-32-18(28-22(13)30-7-4-5-8-30)11-16(29-32)17-6-2-3-9-31(17)23(33)14-10-15(25)21(27)19(24)20(14)26;1-2/h10-12,17H,2-9H2,1H3;1H. The van der Waals surface area contributed by atoms with Gasteiger partial charge in [0.1, 0.15) is 10.8 Å². The van der Waals surface area contributed by atoms with Crippen molar-refractivity contribution in [2.24, 2.45) is 0 Å². The third-order valence-corrected chi connectivity index (χ3v) is 6.80. The van der Waals surface area contributed by atoms with E-state index in [4.69, 9.17) is 21.8 Å². The lowest BCUT2D eigenvalue weighted by Crippen LogP contribution is -2.39. The number of likely N-dealkylation sites (tertiary alicyclic amines) is 1. The van der Waals surface area contributed by atoms with Crippen molar-refractivity contribution in [2.75, 3.05) is 24.5 Å². The Labute approximate surface area is 205 Å². The third kappa shape index (κ3) is 4.52. The smallest absolute Gasteiger partial charge is 0.257 e. The van der Waals surface area contributed by atoms with E-state index in [9.17, 15) is 18.0 Å². The molecule has 2 aromatic heterocycles. The van der Waals surface area contributed by atoms with E-state index in [0.717, 1.165) is 43.7 Å². The largest absolute Gasteiger partial charge is 0.356 e. The zero-order valence-electron chi connectivity index (χ0n) is 19.1. The molecule has 1 amide bonds. The van der Waals surface area contributed by atoms with E-state index in [0.29, 0.717) is 36.8 Å². The molecule has 11 heteroatoms. The number of hydrogen-bond donors (Lipinski definition) is 0. The summed E-state index contributed by atoms with van der Waals surface area (Å²) in [6.45, 7) is 7.78. The molecule has 7 nitrogen and oxygen atoms in total. The van der Waals surface area contributed by atoms with Crippen LogP contribution in [0.5, 0.6) is 0 Å². The van der Waals surface area contributed by atoms with Gasteiger partial charge < -0.3 is 9.80 Å². The maximum atomic E-state index is 14.6. The molecule has 0 aliphatic carbocycles. The van der Waals surface area contributed by atoms with Crippen molar-refractivity contribution in [1.82, 2.24) is 19.5 Å². The predicted molar refractivity (Wildman–Crippen MR) is 125 cm³/mol. The first-order chi connectivity index (χ1) is 16.8. The van der Waals surface area contributed by atoms with E-state index in [2.05, 4.69) is 16.6 Å². The first-order valence-electron chi connectivity index (χ1n) is 11.4. The molecule has 0 radical (unpaired) electrons. The van der Waals surface area contributed by atoms with Crippen LogP contribution in [0.2, 0.25) is 5.02 Å². The van der Waals surface area contributed by atoms with Gasteiger partial charge in [-0.2, -0.15) is 5.10 Å². The molecule has 4 heterocycles. The van der Waals surface area contributed by atoms with Crippen LogP contribution in [-0.4, -0.2) is 45.0 Å². The first kappa shape index (κ1) is 24.8. The number of fused-ring (bicyclic) bond motifs is 1. The van der Waals surface area contributed by atoms with E-state index in [1.807, 2.05) is 19.2 Å². The summed E-state index contributed by atoms with van der Waals surface area (Å²) in [6, 6.07) is 1.97. The summed E-state index contributed by atoms with van der Waals surface area (Å²) in [6.07, 6.45) is 6.39. The molecule has 5 rings (SSSR count). The molecule has 0 N–H and O–H groups in total. The molecule has 0 spiro atoms. The lowest BCUT2D eigenvalue weighted by molar-refractivity contribution is 0.0600. The molecule has 35 heavy (non-hydrogen) atoms. The fourth-order valence-corrected chi connectivity index (χ4v) is 4.99. The Morgan fingerprint density at radius 1 is 1.09 bits per heavy atom. The number of rotatable bonds is 3. The third-order valence-electron chi connectivity index (χ3n) is 6.47. The quantitative estimate of drug-likeness (QED) is 0.361. The average molecular weight is 505 g/mol. The minimum Gasteiger partial charge on any atom is -0.356 e. The molecule has 1 aromatic carbocycles. The monoisotopic (exact) mass is 504 g/mol. The van der Waals surface area contributed by atoms with Gasteiger partial charge in [-0.05, 0) is 45.1 Å². The second kappa shape index (κ2) is 10.1. The molecule has 184 valence electrons. The molecule has 3 aromatic rings. The van der Waals surface area contributed by atoms with Crippen LogP contribution in [-0.2, 0) is 0 Å². The van der Waals surface area contributed by atoms with Gasteiger partial charge in [-0.3, -0.25) is 4.79 Å². The number of nitrogens with zero attached hydrogens (tertiary/aromatic N) is 6. The van der Waals surface area contributed by atoms with Gasteiger partial charge in [0.25, 0.3) is 5.91 Å². The number of aromatic nitrogens is 3. The predicted octanol–water partition coefficient (Wildman–Crippen LogP) is 5.22. The molecule has 2 aliphatic rings. The van der Waals surface area contributed by atoms with Crippen LogP contribution in [0.4, 0.5) is 19.0 Å². The number of anilines is 1. The molecule has 0 saturated carbocycles. The number of benzene rings is 1. The van der Waals surface area contributed by atoms with Crippen LogP contribution in [0.3, 0.4) is 0 Å². The van der Waals surface area contributed by atoms with Crippen molar-refractivity contribution in [2.45, 2.75) is 45.1 Å². The van der Waals surface area contributed by atoms with Gasteiger partial charge >= 0.3 is 0 Å². The van der Waals surface area contributed by atoms with Gasteiger partial charge in [0.15, 0.2) is 23.1 Å². The second-order valence-electron chi connectivity index (χ2n) is 8.67. The van der Waals surface area contributed by atoms with E-state index >= 15 is 0 Å². The normalized spacial score (nSPS) is 18.0. The average Bonchev–Trinajstić information content (AvgIpc) is 3.55. The number of carbonyl (C=O) groups is 1. The summed E-state index contributed by atoms with van der Waals surface area (Å²) in [5, 5.41) is 10.1. The maximum Gasteiger partial charge on any atom is 0.257 e. The lowest BCUT2D eigenvalue weighted by atomic mass is 9.98. The summed E-state index contributed by atoms with van der Waals surface area (Å²) in [4.78, 5) is 21.7. The minimum absolute atomic E-state index is 0.346. The number of carbonyl (C=O) groups excluding carboxylic acids is 1. The summed E-state index contributed by atoms with van der Waals surface area (Å²) in [5.74, 6) is -3.93. The number of nitriles is 1. The fraction of sp³-hybridized carbons (Fsp3) is 0.417. The van der Waals surface area contributed by atoms with Crippen LogP contribution in [0.25, 0.3) is 5.65 Å². The van der Waals surface area contributed by atoms with Gasteiger partial charge in [-0.1, -0.05) is 11.6 Å². The number of hydrogen-bond acceptors (Lipinski definition) is 5.